The average molecular weight is 327 g/mol. The fourth-order valence-corrected chi connectivity index (χ4v) is 3.18. The molecule has 1 fully saturated rings. The van der Waals surface area contributed by atoms with Crippen LogP contribution in [0.25, 0.3) is 0 Å². The van der Waals surface area contributed by atoms with E-state index in [4.69, 9.17) is 10.5 Å². The summed E-state index contributed by atoms with van der Waals surface area (Å²) < 4.78 is 6.26. The van der Waals surface area contributed by atoms with Gasteiger partial charge in [0.25, 0.3) is 0 Å². The van der Waals surface area contributed by atoms with Gasteiger partial charge in [0.15, 0.2) is 0 Å². The summed E-state index contributed by atoms with van der Waals surface area (Å²) in [5, 5.41) is 0. The predicted octanol–water partition coefficient (Wildman–Crippen LogP) is 3.19. The van der Waals surface area contributed by atoms with Gasteiger partial charge in [0, 0.05) is 18.6 Å². The Kier molecular flexibility index (Phi) is 4.87. The highest BCUT2D eigenvalue weighted by Gasteiger charge is 2.33. The number of likely N-dealkylation sites (N-methyl/N-ethyl adjacent to an activating group) is 1. The number of methoxy groups -OCH3 is 1. The lowest BCUT2D eigenvalue weighted by atomic mass is 10.0. The molecule has 0 aliphatic heterocycles. The maximum atomic E-state index is 6.00. The second-order valence-corrected chi connectivity index (χ2v) is 6.24. The van der Waals surface area contributed by atoms with Crippen molar-refractivity contribution in [1.82, 2.24) is 4.90 Å². The van der Waals surface area contributed by atoms with Gasteiger partial charge in [-0.1, -0.05) is 6.07 Å². The van der Waals surface area contributed by atoms with Gasteiger partial charge in [0.2, 0.25) is 0 Å². The molecule has 1 aromatic rings. The minimum absolute atomic E-state index is 0.262. The molecule has 2 N–H and O–H groups in total. The van der Waals surface area contributed by atoms with Crippen molar-refractivity contribution in [2.75, 3.05) is 20.7 Å². The predicted molar refractivity (Wildman–Crippen MR) is 82.4 cm³/mol. The Bertz CT molecular complexity index is 434. The molecule has 0 amide bonds. The lowest BCUT2D eigenvalue weighted by Gasteiger charge is -2.33. The lowest BCUT2D eigenvalue weighted by Crippen LogP contribution is -2.38. The first-order valence-electron chi connectivity index (χ1n) is 6.84. The zero-order chi connectivity index (χ0) is 14.0. The number of nitrogens with zero attached hydrogens (tertiary/aromatic N) is 1. The molecule has 1 saturated carbocycles. The molecule has 2 unspecified atom stereocenters. The van der Waals surface area contributed by atoms with Crippen LogP contribution in [-0.4, -0.2) is 31.6 Å². The van der Waals surface area contributed by atoms with E-state index in [0.717, 1.165) is 16.1 Å². The number of benzene rings is 1. The summed E-state index contributed by atoms with van der Waals surface area (Å²) in [6.45, 7) is 2.94. The van der Waals surface area contributed by atoms with Crippen LogP contribution in [0.15, 0.2) is 22.7 Å². The van der Waals surface area contributed by atoms with Crippen LogP contribution in [0.3, 0.4) is 0 Å². The molecule has 4 heteroatoms. The first-order chi connectivity index (χ1) is 9.08. The molecule has 0 spiro atoms. The van der Waals surface area contributed by atoms with E-state index in [-0.39, 0.29) is 6.04 Å². The molecule has 106 valence electrons. The fraction of sp³-hybridized carbons (Fsp3) is 0.600. The summed E-state index contributed by atoms with van der Waals surface area (Å²) in [5.41, 5.74) is 7.24. The molecule has 1 aromatic carbocycles. The van der Waals surface area contributed by atoms with Crippen LogP contribution < -0.4 is 10.5 Å². The maximum Gasteiger partial charge on any atom is 0.133 e. The Morgan fingerprint density at radius 2 is 2.16 bits per heavy atom. The van der Waals surface area contributed by atoms with Crippen LogP contribution in [0.5, 0.6) is 5.75 Å². The molecule has 0 heterocycles. The second-order valence-electron chi connectivity index (χ2n) is 5.39. The van der Waals surface area contributed by atoms with Crippen molar-refractivity contribution in [2.45, 2.75) is 31.8 Å². The molecule has 2 rings (SSSR count). The normalized spacial score (nSPS) is 18.4. The standard InChI is InChI=1S/C15H23BrN2O/c1-10(11-4-5-11)18(2)14(9-17)12-6-7-15(19-3)13(16)8-12/h6-8,10-11,14H,4-5,9,17H2,1-3H3. The summed E-state index contributed by atoms with van der Waals surface area (Å²) in [7, 11) is 3.86. The maximum absolute atomic E-state index is 6.00. The zero-order valence-corrected chi connectivity index (χ0v) is 13.5. The minimum Gasteiger partial charge on any atom is -0.496 e. The van der Waals surface area contributed by atoms with Crippen LogP contribution in [-0.2, 0) is 0 Å². The quantitative estimate of drug-likeness (QED) is 0.872. The van der Waals surface area contributed by atoms with Crippen molar-refractivity contribution in [3.63, 3.8) is 0 Å². The summed E-state index contributed by atoms with van der Waals surface area (Å²) >= 11 is 3.55. The third-order valence-electron chi connectivity index (χ3n) is 4.22. The molecule has 1 aliphatic carbocycles. The first-order valence-corrected chi connectivity index (χ1v) is 7.63. The molecule has 0 saturated heterocycles. The van der Waals surface area contributed by atoms with Gasteiger partial charge in [-0.25, -0.2) is 0 Å². The van der Waals surface area contributed by atoms with E-state index in [9.17, 15) is 0 Å². The van der Waals surface area contributed by atoms with Gasteiger partial charge in [0.05, 0.1) is 11.6 Å². The van der Waals surface area contributed by atoms with Gasteiger partial charge in [-0.2, -0.15) is 0 Å². The molecular formula is C15H23BrN2O. The van der Waals surface area contributed by atoms with Gasteiger partial charge < -0.3 is 10.5 Å². The molecule has 0 radical (unpaired) electrons. The van der Waals surface area contributed by atoms with Crippen LogP contribution >= 0.6 is 15.9 Å². The monoisotopic (exact) mass is 326 g/mol. The van der Waals surface area contributed by atoms with Crippen LogP contribution in [0.4, 0.5) is 0 Å². The molecule has 19 heavy (non-hydrogen) atoms. The van der Waals surface area contributed by atoms with Gasteiger partial charge in [-0.15, -0.1) is 0 Å². The highest BCUT2D eigenvalue weighted by Crippen LogP contribution is 2.38. The summed E-state index contributed by atoms with van der Waals surface area (Å²) in [4.78, 5) is 2.41. The summed E-state index contributed by atoms with van der Waals surface area (Å²) in [5.74, 6) is 1.71. The third-order valence-corrected chi connectivity index (χ3v) is 4.84. The fourth-order valence-electron chi connectivity index (χ4n) is 2.62. The first kappa shape index (κ1) is 14.8. The van der Waals surface area contributed by atoms with Gasteiger partial charge in [-0.3, -0.25) is 4.90 Å². The van der Waals surface area contributed by atoms with Gasteiger partial charge in [-0.05, 0) is 66.4 Å². The molecule has 0 aromatic heterocycles. The number of hydrogen-bond donors (Lipinski definition) is 1. The van der Waals surface area contributed by atoms with E-state index in [2.05, 4.69) is 46.9 Å². The average Bonchev–Trinajstić information content (AvgIpc) is 3.23. The number of hydrogen-bond acceptors (Lipinski definition) is 3. The van der Waals surface area contributed by atoms with Crippen molar-refractivity contribution in [3.05, 3.63) is 28.2 Å². The Hall–Kier alpha value is -0.580. The van der Waals surface area contributed by atoms with E-state index in [0.29, 0.717) is 12.6 Å². The van der Waals surface area contributed by atoms with Crippen molar-refractivity contribution < 1.29 is 4.74 Å². The summed E-state index contributed by atoms with van der Waals surface area (Å²) in [6.07, 6.45) is 2.71. The highest BCUT2D eigenvalue weighted by molar-refractivity contribution is 9.10. The van der Waals surface area contributed by atoms with Crippen molar-refractivity contribution in [3.8, 4) is 5.75 Å². The number of ether oxygens (including phenoxy) is 1. The molecular weight excluding hydrogens is 304 g/mol. The largest absolute Gasteiger partial charge is 0.496 e. The Labute approximate surface area is 124 Å². The van der Waals surface area contributed by atoms with E-state index < -0.39 is 0 Å². The highest BCUT2D eigenvalue weighted by atomic mass is 79.9. The van der Waals surface area contributed by atoms with Gasteiger partial charge in [0.1, 0.15) is 5.75 Å². The van der Waals surface area contributed by atoms with Crippen LogP contribution in [0.2, 0.25) is 0 Å². The van der Waals surface area contributed by atoms with E-state index >= 15 is 0 Å². The Balaban J connectivity index is 2.18. The van der Waals surface area contributed by atoms with Crippen LogP contribution in [0.1, 0.15) is 31.4 Å². The Morgan fingerprint density at radius 3 is 2.63 bits per heavy atom. The number of nitrogens with two attached hydrogens (primary N) is 1. The lowest BCUT2D eigenvalue weighted by molar-refractivity contribution is 0.171. The number of rotatable bonds is 6. The molecule has 0 bridgehead atoms. The van der Waals surface area contributed by atoms with Crippen molar-refractivity contribution in [2.24, 2.45) is 11.7 Å². The van der Waals surface area contributed by atoms with E-state index in [1.807, 2.05) is 6.07 Å². The van der Waals surface area contributed by atoms with Crippen molar-refractivity contribution in [1.29, 1.82) is 0 Å². The number of halogens is 1. The topological polar surface area (TPSA) is 38.5 Å². The van der Waals surface area contributed by atoms with Crippen LogP contribution in [0, 0.1) is 5.92 Å². The zero-order valence-electron chi connectivity index (χ0n) is 11.9. The Morgan fingerprint density at radius 1 is 1.47 bits per heavy atom. The molecule has 1 aliphatic rings. The van der Waals surface area contributed by atoms with E-state index in [1.54, 1.807) is 7.11 Å². The SMILES string of the molecule is COc1ccc(C(CN)N(C)C(C)C2CC2)cc1Br. The third kappa shape index (κ3) is 3.30. The van der Waals surface area contributed by atoms with E-state index in [1.165, 1.54) is 18.4 Å². The van der Waals surface area contributed by atoms with Gasteiger partial charge >= 0.3 is 0 Å². The van der Waals surface area contributed by atoms with Crippen molar-refractivity contribution >= 4 is 15.9 Å². The molecule has 3 nitrogen and oxygen atoms in total. The molecule has 2 atom stereocenters. The second kappa shape index (κ2) is 6.25. The summed E-state index contributed by atoms with van der Waals surface area (Å²) in [6, 6.07) is 7.08. The smallest absolute Gasteiger partial charge is 0.133 e. The minimum atomic E-state index is 0.262.